The van der Waals surface area contributed by atoms with E-state index in [0.717, 1.165) is 36.9 Å². The maximum absolute atomic E-state index is 14.3. The highest BCUT2D eigenvalue weighted by molar-refractivity contribution is 7.18. The number of anilines is 1. The molecular formula is C22H25FN7OP. The number of aromatic nitrogens is 5. The topological polar surface area (TPSA) is 100 Å². The molecule has 2 unspecified atom stereocenters. The Hall–Kier alpha value is -3.06. The van der Waals surface area contributed by atoms with Crippen LogP contribution in [0.1, 0.15) is 48.8 Å². The quantitative estimate of drug-likeness (QED) is 0.400. The van der Waals surface area contributed by atoms with Crippen LogP contribution in [0.15, 0.2) is 43.0 Å². The summed E-state index contributed by atoms with van der Waals surface area (Å²) in [7, 11) is 2.19. The van der Waals surface area contributed by atoms with E-state index in [1.807, 2.05) is 28.7 Å². The summed E-state index contributed by atoms with van der Waals surface area (Å²) in [5, 5.41) is 5.84. The lowest BCUT2D eigenvalue weighted by Crippen LogP contribution is -2.40. The molecule has 32 heavy (non-hydrogen) atoms. The fourth-order valence-corrected chi connectivity index (χ4v) is 4.40. The number of amides is 1. The van der Waals surface area contributed by atoms with Gasteiger partial charge < -0.3 is 15.6 Å². The van der Waals surface area contributed by atoms with Gasteiger partial charge in [0.1, 0.15) is 34.8 Å². The lowest BCUT2D eigenvalue weighted by atomic mass is 9.91. The van der Waals surface area contributed by atoms with Gasteiger partial charge in [-0.3, -0.25) is 9.20 Å². The van der Waals surface area contributed by atoms with Crippen LogP contribution in [0.2, 0.25) is 0 Å². The number of aromatic amines is 1. The summed E-state index contributed by atoms with van der Waals surface area (Å²) in [6, 6.07) is 7.94. The number of hydrogen-bond acceptors (Lipinski definition) is 5. The molecule has 0 aliphatic heterocycles. The van der Waals surface area contributed by atoms with E-state index in [1.165, 1.54) is 13.3 Å². The van der Waals surface area contributed by atoms with Crippen LogP contribution in [-0.4, -0.2) is 42.3 Å². The minimum absolute atomic E-state index is 0.101. The zero-order valence-corrected chi connectivity index (χ0v) is 18.8. The molecule has 4 aromatic heterocycles. The van der Waals surface area contributed by atoms with Gasteiger partial charge in [0.05, 0.1) is 5.39 Å². The van der Waals surface area contributed by atoms with Crippen molar-refractivity contribution in [3.8, 4) is 0 Å². The SMILES string of the molecule is CC(F)(P)c1cn2c(NC3CCC(NC(=O)c4ncnc5[nH]ccc45)CC3)cccc2n1. The highest BCUT2D eigenvalue weighted by Crippen LogP contribution is 2.32. The molecule has 1 saturated carbocycles. The van der Waals surface area contributed by atoms with Crippen molar-refractivity contribution in [3.63, 3.8) is 0 Å². The van der Waals surface area contributed by atoms with Gasteiger partial charge in [-0.1, -0.05) is 15.3 Å². The van der Waals surface area contributed by atoms with Crippen LogP contribution in [0.4, 0.5) is 10.2 Å². The summed E-state index contributed by atoms with van der Waals surface area (Å²) < 4.78 is 16.2. The molecule has 1 fully saturated rings. The van der Waals surface area contributed by atoms with Gasteiger partial charge in [0.2, 0.25) is 0 Å². The standard InChI is InChI=1S/C22H25FN7OP/c1-22(23,32)16-11-30-17(3-2-4-18(30)29-16)27-13-5-7-14(8-6-13)28-21(31)19-15-9-10-24-20(15)26-12-25-19/h2-4,9-14,27H,5-8,32H2,1H3,(H,28,31)(H,24,25,26). The van der Waals surface area contributed by atoms with Crippen LogP contribution >= 0.6 is 9.24 Å². The first-order valence-electron chi connectivity index (χ1n) is 10.7. The van der Waals surface area contributed by atoms with Crippen molar-refractivity contribution in [2.24, 2.45) is 0 Å². The van der Waals surface area contributed by atoms with Gasteiger partial charge in [-0.15, -0.1) is 0 Å². The third kappa shape index (κ3) is 4.05. The monoisotopic (exact) mass is 453 g/mol. The van der Waals surface area contributed by atoms with E-state index in [4.69, 9.17) is 0 Å². The molecule has 1 aliphatic carbocycles. The molecular weight excluding hydrogens is 428 g/mol. The Morgan fingerprint density at radius 1 is 1.22 bits per heavy atom. The number of fused-ring (bicyclic) bond motifs is 2. The van der Waals surface area contributed by atoms with E-state index in [0.29, 0.717) is 22.7 Å². The molecule has 3 N–H and O–H groups in total. The Balaban J connectivity index is 1.22. The molecule has 0 radical (unpaired) electrons. The Bertz CT molecular complexity index is 1270. The van der Waals surface area contributed by atoms with Gasteiger partial charge in [-0.25, -0.2) is 19.3 Å². The molecule has 4 aromatic rings. The summed E-state index contributed by atoms with van der Waals surface area (Å²) in [6.45, 7) is 1.48. The molecule has 166 valence electrons. The molecule has 0 spiro atoms. The third-order valence-corrected chi connectivity index (χ3v) is 6.27. The predicted octanol–water partition coefficient (Wildman–Crippen LogP) is 3.78. The van der Waals surface area contributed by atoms with Gasteiger partial charge in [-0.05, 0) is 50.8 Å². The number of alkyl halides is 1. The molecule has 1 amide bonds. The number of nitrogens with one attached hydrogen (secondary N) is 3. The maximum atomic E-state index is 14.3. The van der Waals surface area contributed by atoms with E-state index < -0.39 is 5.41 Å². The molecule has 1 aliphatic rings. The first kappa shape index (κ1) is 20.8. The smallest absolute Gasteiger partial charge is 0.270 e. The number of H-pyrrole nitrogens is 1. The van der Waals surface area contributed by atoms with E-state index >= 15 is 0 Å². The normalized spacial score (nSPS) is 20.8. The van der Waals surface area contributed by atoms with Crippen molar-refractivity contribution in [1.29, 1.82) is 0 Å². The van der Waals surface area contributed by atoms with Crippen LogP contribution in [0, 0.1) is 0 Å². The van der Waals surface area contributed by atoms with Crippen molar-refractivity contribution in [3.05, 3.63) is 54.4 Å². The van der Waals surface area contributed by atoms with Crippen molar-refractivity contribution < 1.29 is 9.18 Å². The third-order valence-electron chi connectivity index (χ3n) is 5.98. The minimum atomic E-state index is -1.57. The Morgan fingerprint density at radius 2 is 2.00 bits per heavy atom. The zero-order chi connectivity index (χ0) is 22.3. The number of carbonyl (C=O) groups is 1. The largest absolute Gasteiger partial charge is 0.368 e. The van der Waals surface area contributed by atoms with Crippen LogP contribution in [0.25, 0.3) is 16.7 Å². The maximum Gasteiger partial charge on any atom is 0.270 e. The Kier molecular flexibility index (Phi) is 5.29. The number of imidazole rings is 1. The number of pyridine rings is 1. The molecule has 5 rings (SSSR count). The fourth-order valence-electron chi connectivity index (χ4n) is 4.26. The van der Waals surface area contributed by atoms with Crippen LogP contribution in [0.3, 0.4) is 0 Å². The Morgan fingerprint density at radius 3 is 2.78 bits per heavy atom. The fraction of sp³-hybridized carbons (Fsp3) is 0.364. The summed E-state index contributed by atoms with van der Waals surface area (Å²) in [4.78, 5) is 28.5. The van der Waals surface area contributed by atoms with Crippen molar-refractivity contribution in [2.75, 3.05) is 5.32 Å². The van der Waals surface area contributed by atoms with Gasteiger partial charge in [0.25, 0.3) is 5.91 Å². The van der Waals surface area contributed by atoms with Crippen LogP contribution in [-0.2, 0) is 5.41 Å². The van der Waals surface area contributed by atoms with Gasteiger partial charge >= 0.3 is 0 Å². The minimum Gasteiger partial charge on any atom is -0.368 e. The highest BCUT2D eigenvalue weighted by atomic mass is 31.0. The molecule has 2 atom stereocenters. The number of hydrogen-bond donors (Lipinski definition) is 3. The molecule has 0 saturated heterocycles. The average molecular weight is 453 g/mol. The van der Waals surface area contributed by atoms with Crippen molar-refractivity contribution in [2.45, 2.75) is 50.1 Å². The second kappa shape index (κ2) is 8.13. The summed E-state index contributed by atoms with van der Waals surface area (Å²) in [5.41, 5.74) is 2.14. The predicted molar refractivity (Wildman–Crippen MR) is 124 cm³/mol. The highest BCUT2D eigenvalue weighted by Gasteiger charge is 2.26. The Labute approximate surface area is 186 Å². The lowest BCUT2D eigenvalue weighted by molar-refractivity contribution is 0.0923. The zero-order valence-electron chi connectivity index (χ0n) is 17.7. The van der Waals surface area contributed by atoms with Crippen molar-refractivity contribution >= 4 is 37.6 Å². The van der Waals surface area contributed by atoms with E-state index in [9.17, 15) is 9.18 Å². The van der Waals surface area contributed by atoms with Gasteiger partial charge in [-0.2, -0.15) is 0 Å². The van der Waals surface area contributed by atoms with Crippen LogP contribution in [0.5, 0.6) is 0 Å². The second-order valence-electron chi connectivity index (χ2n) is 8.47. The van der Waals surface area contributed by atoms with E-state index in [-0.39, 0.29) is 18.0 Å². The van der Waals surface area contributed by atoms with Gasteiger partial charge in [0, 0.05) is 24.5 Å². The molecule has 10 heteroatoms. The van der Waals surface area contributed by atoms with E-state index in [2.05, 4.69) is 39.8 Å². The molecule has 0 aromatic carbocycles. The first-order chi connectivity index (χ1) is 15.4. The molecule has 8 nitrogen and oxygen atoms in total. The van der Waals surface area contributed by atoms with E-state index in [1.54, 1.807) is 12.4 Å². The van der Waals surface area contributed by atoms with Crippen LogP contribution < -0.4 is 10.6 Å². The summed E-state index contributed by atoms with van der Waals surface area (Å²) >= 11 is 0. The lowest BCUT2D eigenvalue weighted by Gasteiger charge is -2.30. The first-order valence-corrected chi connectivity index (χ1v) is 11.3. The van der Waals surface area contributed by atoms with Gasteiger partial charge in [0.15, 0.2) is 5.41 Å². The average Bonchev–Trinajstić information content (AvgIpc) is 3.42. The number of carbonyl (C=O) groups excluding carboxylic acids is 1. The van der Waals surface area contributed by atoms with Crippen molar-refractivity contribution in [1.82, 2.24) is 29.7 Å². The summed E-state index contributed by atoms with van der Waals surface area (Å²) in [5.74, 6) is 0.717. The number of rotatable bonds is 5. The number of nitrogens with zero attached hydrogens (tertiary/aromatic N) is 4. The summed E-state index contributed by atoms with van der Waals surface area (Å²) in [6.07, 6.45) is 8.45. The second-order valence-corrected chi connectivity index (χ2v) is 9.55. The molecule has 4 heterocycles. The number of halogens is 1. The molecule has 0 bridgehead atoms.